The molecule has 2 nitrogen and oxygen atoms in total. The fourth-order valence-electron chi connectivity index (χ4n) is 3.68. The molecular formula is C21H22BrFO2S2. The molecular weight excluding hydrogens is 447 g/mol. The maximum atomic E-state index is 13.6. The number of thioether (sulfide) groups is 2. The number of aliphatic hydroxyl groups is 1. The molecule has 2 aromatic rings. The van der Waals surface area contributed by atoms with Gasteiger partial charge in [-0.1, -0.05) is 26.0 Å². The highest BCUT2D eigenvalue weighted by molar-refractivity contribution is 9.10. The molecule has 2 aromatic carbocycles. The Morgan fingerprint density at radius 1 is 1.26 bits per heavy atom. The monoisotopic (exact) mass is 468 g/mol. The molecule has 144 valence electrons. The maximum Gasteiger partial charge on any atom is 0.137 e. The zero-order chi connectivity index (χ0) is 19.2. The standard InChI is InChI=1S/C21H22BrFO2S2/c1-20(2)12-25-18-6-4-14(10-15(18)20)21(11-24)26-8-7-19(27-21)13-3-5-17(23)16(22)9-13/h3-6,9-10,19,24H,7-8,11-12H2,1-2H3. The summed E-state index contributed by atoms with van der Waals surface area (Å²) in [6.07, 6.45) is 0.995. The van der Waals surface area contributed by atoms with Gasteiger partial charge in [0.2, 0.25) is 0 Å². The fourth-order valence-corrected chi connectivity index (χ4v) is 7.48. The second-order valence-corrected chi connectivity index (χ2v) is 11.7. The van der Waals surface area contributed by atoms with Gasteiger partial charge >= 0.3 is 0 Å². The molecule has 27 heavy (non-hydrogen) atoms. The smallest absolute Gasteiger partial charge is 0.137 e. The Morgan fingerprint density at radius 3 is 2.81 bits per heavy atom. The van der Waals surface area contributed by atoms with Gasteiger partial charge in [-0.05, 0) is 63.5 Å². The van der Waals surface area contributed by atoms with E-state index in [4.69, 9.17) is 4.74 Å². The third kappa shape index (κ3) is 3.54. The summed E-state index contributed by atoms with van der Waals surface area (Å²) < 4.78 is 19.5. The van der Waals surface area contributed by atoms with Gasteiger partial charge in [0.05, 0.1) is 17.7 Å². The Bertz CT molecular complexity index is 873. The summed E-state index contributed by atoms with van der Waals surface area (Å²) in [7, 11) is 0. The highest BCUT2D eigenvalue weighted by Crippen LogP contribution is 2.58. The predicted octanol–water partition coefficient (Wildman–Crippen LogP) is 6.01. The SMILES string of the molecule is CC1(C)COc2ccc(C3(CO)SCCC(c4ccc(F)c(Br)c4)S3)cc21. The molecule has 0 saturated carbocycles. The van der Waals surface area contributed by atoms with Crippen LogP contribution in [0, 0.1) is 5.82 Å². The first-order valence-electron chi connectivity index (χ1n) is 9.00. The lowest BCUT2D eigenvalue weighted by Crippen LogP contribution is -2.29. The summed E-state index contributed by atoms with van der Waals surface area (Å²) in [6, 6.07) is 11.6. The normalized spacial score (nSPS) is 26.5. The summed E-state index contributed by atoms with van der Waals surface area (Å²) in [6.45, 7) is 5.12. The summed E-state index contributed by atoms with van der Waals surface area (Å²) >= 11 is 6.87. The number of hydrogen-bond acceptors (Lipinski definition) is 4. The number of benzene rings is 2. The highest BCUT2D eigenvalue weighted by atomic mass is 79.9. The lowest BCUT2D eigenvalue weighted by molar-refractivity contribution is 0.284. The van der Waals surface area contributed by atoms with Crippen molar-refractivity contribution in [3.05, 3.63) is 63.4 Å². The zero-order valence-corrected chi connectivity index (χ0v) is 18.5. The Labute approximate surface area is 176 Å². The molecule has 2 unspecified atom stereocenters. The molecule has 1 N–H and O–H groups in total. The molecule has 4 rings (SSSR count). The van der Waals surface area contributed by atoms with Crippen LogP contribution in [-0.2, 0) is 9.49 Å². The van der Waals surface area contributed by atoms with Crippen LogP contribution in [0.4, 0.5) is 4.39 Å². The second-order valence-electron chi connectivity index (χ2n) is 7.71. The molecule has 0 spiro atoms. The van der Waals surface area contributed by atoms with E-state index in [9.17, 15) is 9.50 Å². The fraction of sp³-hybridized carbons (Fsp3) is 0.429. The van der Waals surface area contributed by atoms with Crippen molar-refractivity contribution in [2.24, 2.45) is 0 Å². The predicted molar refractivity (Wildman–Crippen MR) is 115 cm³/mol. The van der Waals surface area contributed by atoms with Crippen LogP contribution in [0.15, 0.2) is 40.9 Å². The lowest BCUT2D eigenvalue weighted by atomic mass is 9.86. The minimum atomic E-state index is -0.419. The van der Waals surface area contributed by atoms with Crippen molar-refractivity contribution in [3.63, 3.8) is 0 Å². The Morgan fingerprint density at radius 2 is 2.07 bits per heavy atom. The largest absolute Gasteiger partial charge is 0.492 e. The van der Waals surface area contributed by atoms with Crippen LogP contribution in [0.1, 0.15) is 42.2 Å². The molecule has 0 aromatic heterocycles. The van der Waals surface area contributed by atoms with Crippen molar-refractivity contribution in [2.45, 2.75) is 35.0 Å². The van der Waals surface area contributed by atoms with Crippen LogP contribution in [0.25, 0.3) is 0 Å². The number of hydrogen-bond donors (Lipinski definition) is 1. The molecule has 2 atom stereocenters. The van der Waals surface area contributed by atoms with Crippen molar-refractivity contribution in [1.29, 1.82) is 0 Å². The van der Waals surface area contributed by atoms with Crippen molar-refractivity contribution < 1.29 is 14.2 Å². The molecule has 1 fully saturated rings. The van der Waals surface area contributed by atoms with Crippen molar-refractivity contribution in [3.8, 4) is 5.75 Å². The van der Waals surface area contributed by atoms with E-state index in [-0.39, 0.29) is 23.1 Å². The first-order chi connectivity index (χ1) is 12.8. The van der Waals surface area contributed by atoms with Gasteiger partial charge in [-0.2, -0.15) is 0 Å². The van der Waals surface area contributed by atoms with E-state index in [1.165, 1.54) is 11.6 Å². The van der Waals surface area contributed by atoms with E-state index >= 15 is 0 Å². The summed E-state index contributed by atoms with van der Waals surface area (Å²) in [5, 5.41) is 10.6. The quantitative estimate of drug-likeness (QED) is 0.596. The average Bonchev–Trinajstić information content (AvgIpc) is 2.98. The van der Waals surface area contributed by atoms with E-state index in [2.05, 4.69) is 41.9 Å². The number of ether oxygens (including phenoxy) is 1. The molecule has 2 aliphatic rings. The second kappa shape index (κ2) is 7.29. The van der Waals surface area contributed by atoms with Crippen LogP contribution in [0.2, 0.25) is 0 Å². The first-order valence-corrected chi connectivity index (χ1v) is 11.7. The molecule has 0 radical (unpaired) electrons. The number of halogens is 2. The van der Waals surface area contributed by atoms with Crippen LogP contribution < -0.4 is 4.74 Å². The molecule has 2 heterocycles. The van der Waals surface area contributed by atoms with Gasteiger partial charge in [0.1, 0.15) is 15.6 Å². The average molecular weight is 469 g/mol. The molecule has 0 aliphatic carbocycles. The molecule has 0 bridgehead atoms. The van der Waals surface area contributed by atoms with Gasteiger partial charge in [-0.25, -0.2) is 4.39 Å². The minimum absolute atomic E-state index is 0.0206. The summed E-state index contributed by atoms with van der Waals surface area (Å²) in [5.74, 6) is 1.65. The maximum absolute atomic E-state index is 13.6. The Hall–Kier alpha value is -0.690. The third-order valence-corrected chi connectivity index (χ3v) is 9.37. The number of fused-ring (bicyclic) bond motifs is 1. The topological polar surface area (TPSA) is 29.5 Å². The van der Waals surface area contributed by atoms with E-state index < -0.39 is 4.08 Å². The van der Waals surface area contributed by atoms with Crippen LogP contribution in [-0.4, -0.2) is 24.1 Å². The van der Waals surface area contributed by atoms with Crippen LogP contribution >= 0.6 is 39.5 Å². The number of rotatable bonds is 3. The molecule has 6 heteroatoms. The van der Waals surface area contributed by atoms with Crippen LogP contribution in [0.5, 0.6) is 5.75 Å². The molecule has 0 amide bonds. The van der Waals surface area contributed by atoms with Crippen molar-refractivity contribution >= 4 is 39.5 Å². The van der Waals surface area contributed by atoms with Gasteiger partial charge in [0, 0.05) is 16.2 Å². The van der Waals surface area contributed by atoms with Gasteiger partial charge in [-0.3, -0.25) is 0 Å². The third-order valence-electron chi connectivity index (χ3n) is 5.31. The van der Waals surface area contributed by atoms with Gasteiger partial charge in [0.15, 0.2) is 0 Å². The van der Waals surface area contributed by atoms with E-state index in [0.29, 0.717) is 11.1 Å². The molecule has 1 saturated heterocycles. The molecule has 2 aliphatic heterocycles. The summed E-state index contributed by atoms with van der Waals surface area (Å²) in [4.78, 5) is 0. The van der Waals surface area contributed by atoms with E-state index in [1.54, 1.807) is 23.5 Å². The zero-order valence-electron chi connectivity index (χ0n) is 15.3. The Kier molecular flexibility index (Phi) is 5.29. The Balaban J connectivity index is 1.69. The van der Waals surface area contributed by atoms with Crippen molar-refractivity contribution in [2.75, 3.05) is 19.0 Å². The van der Waals surface area contributed by atoms with Gasteiger partial charge < -0.3 is 9.84 Å². The van der Waals surface area contributed by atoms with Gasteiger partial charge in [-0.15, -0.1) is 23.5 Å². The van der Waals surface area contributed by atoms with Crippen molar-refractivity contribution in [1.82, 2.24) is 0 Å². The lowest BCUT2D eigenvalue weighted by Gasteiger charge is -2.39. The van der Waals surface area contributed by atoms with E-state index in [0.717, 1.165) is 29.1 Å². The highest BCUT2D eigenvalue weighted by Gasteiger charge is 2.41. The first kappa shape index (κ1) is 19.6. The number of aliphatic hydroxyl groups excluding tert-OH is 1. The van der Waals surface area contributed by atoms with Crippen LogP contribution in [0.3, 0.4) is 0 Å². The summed E-state index contributed by atoms with van der Waals surface area (Å²) in [5.41, 5.74) is 3.41. The minimum Gasteiger partial charge on any atom is -0.492 e. The van der Waals surface area contributed by atoms with E-state index in [1.807, 2.05) is 18.2 Å². The van der Waals surface area contributed by atoms with Gasteiger partial charge in [0.25, 0.3) is 0 Å².